The van der Waals surface area contributed by atoms with Gasteiger partial charge in [0.2, 0.25) is 5.56 Å². The second kappa shape index (κ2) is 7.76. The topological polar surface area (TPSA) is 107 Å². The molecule has 8 heteroatoms. The Kier molecular flexibility index (Phi) is 5.06. The summed E-state index contributed by atoms with van der Waals surface area (Å²) in [6.07, 6.45) is 4.60. The standard InChI is InChI=1S/C23H30N6O2/c1-28-13-23(14-28)10-17(11-23)29-9-3-5-16(12-29)21(24)27-22(31)25-18-6-2-4-15-7-8-19(30)26-20(15)18/h2,4,6-8,16-17H,3,5,9-14H2,1H3,(H,26,30)(H3,24,25,27,31). The van der Waals surface area contributed by atoms with E-state index in [0.29, 0.717) is 28.5 Å². The zero-order valence-electron chi connectivity index (χ0n) is 17.9. The molecule has 4 N–H and O–H groups in total. The molecule has 1 unspecified atom stereocenters. The lowest BCUT2D eigenvalue weighted by Crippen LogP contribution is -2.66. The van der Waals surface area contributed by atoms with Gasteiger partial charge in [0.25, 0.3) is 0 Å². The Hall–Kier alpha value is -2.71. The van der Waals surface area contributed by atoms with E-state index in [9.17, 15) is 9.59 Å². The first kappa shape index (κ1) is 20.2. The first-order valence-corrected chi connectivity index (χ1v) is 11.1. The zero-order valence-corrected chi connectivity index (χ0v) is 17.9. The minimum absolute atomic E-state index is 0.104. The van der Waals surface area contributed by atoms with E-state index in [1.807, 2.05) is 12.1 Å². The van der Waals surface area contributed by atoms with Crippen LogP contribution in [0.25, 0.3) is 10.9 Å². The van der Waals surface area contributed by atoms with Gasteiger partial charge >= 0.3 is 6.03 Å². The van der Waals surface area contributed by atoms with Crippen molar-refractivity contribution in [3.05, 3.63) is 40.7 Å². The maximum absolute atomic E-state index is 12.6. The van der Waals surface area contributed by atoms with Crippen molar-refractivity contribution >= 4 is 28.5 Å². The number of urea groups is 1. The lowest BCUT2D eigenvalue weighted by molar-refractivity contribution is -0.103. The fourth-order valence-corrected chi connectivity index (χ4v) is 5.77. The molecule has 2 aromatic rings. The van der Waals surface area contributed by atoms with Gasteiger partial charge in [0.1, 0.15) is 5.84 Å². The van der Waals surface area contributed by atoms with Crippen LogP contribution in [0.3, 0.4) is 0 Å². The molecule has 2 aliphatic heterocycles. The molecule has 31 heavy (non-hydrogen) atoms. The Bertz CT molecular complexity index is 1080. The van der Waals surface area contributed by atoms with Crippen molar-refractivity contribution in [2.75, 3.05) is 38.5 Å². The normalized spacial score (nSPS) is 24.7. The molecule has 3 fully saturated rings. The third kappa shape index (κ3) is 3.97. The smallest absolute Gasteiger partial charge is 0.347 e. The lowest BCUT2D eigenvalue weighted by Gasteiger charge is -2.61. The van der Waals surface area contributed by atoms with Crippen molar-refractivity contribution < 1.29 is 4.79 Å². The number of nitrogens with zero attached hydrogens (tertiary/aromatic N) is 3. The van der Waals surface area contributed by atoms with E-state index < -0.39 is 6.03 Å². The van der Waals surface area contributed by atoms with Crippen molar-refractivity contribution in [2.45, 2.75) is 31.7 Å². The maximum atomic E-state index is 12.6. The number of piperidine rings is 1. The van der Waals surface area contributed by atoms with E-state index in [0.717, 1.165) is 31.3 Å². The number of hydrogen-bond donors (Lipinski definition) is 3. The van der Waals surface area contributed by atoms with Crippen molar-refractivity contribution in [1.82, 2.24) is 14.8 Å². The first-order valence-electron chi connectivity index (χ1n) is 11.1. The minimum Gasteiger partial charge on any atom is -0.387 e. The van der Waals surface area contributed by atoms with Gasteiger partial charge in [-0.2, -0.15) is 4.99 Å². The molecule has 3 aliphatic rings. The molecule has 164 valence electrons. The van der Waals surface area contributed by atoms with Crippen LogP contribution >= 0.6 is 0 Å². The molecular weight excluding hydrogens is 392 g/mol. The summed E-state index contributed by atoms with van der Waals surface area (Å²) < 4.78 is 0. The van der Waals surface area contributed by atoms with Crippen molar-refractivity contribution in [2.24, 2.45) is 22.1 Å². The van der Waals surface area contributed by atoms with Crippen molar-refractivity contribution in [3.63, 3.8) is 0 Å². The van der Waals surface area contributed by atoms with Gasteiger partial charge < -0.3 is 20.9 Å². The van der Waals surface area contributed by atoms with Crippen LogP contribution in [-0.2, 0) is 0 Å². The molecule has 1 aliphatic carbocycles. The van der Waals surface area contributed by atoms with Gasteiger partial charge in [-0.1, -0.05) is 12.1 Å². The number of nitrogens with two attached hydrogens (primary N) is 1. The average Bonchev–Trinajstić information content (AvgIpc) is 2.70. The number of likely N-dealkylation sites (tertiary alicyclic amines) is 2. The molecule has 5 rings (SSSR count). The number of aromatic amines is 1. The van der Waals surface area contributed by atoms with Gasteiger partial charge in [0.05, 0.1) is 11.2 Å². The predicted octanol–water partition coefficient (Wildman–Crippen LogP) is 2.22. The van der Waals surface area contributed by atoms with E-state index in [1.165, 1.54) is 32.0 Å². The van der Waals surface area contributed by atoms with Gasteiger partial charge in [-0.05, 0) is 56.8 Å². The molecule has 1 spiro atoms. The fourth-order valence-electron chi connectivity index (χ4n) is 5.77. The molecule has 2 amide bonds. The summed E-state index contributed by atoms with van der Waals surface area (Å²) in [7, 11) is 2.19. The number of aromatic nitrogens is 1. The zero-order chi connectivity index (χ0) is 21.6. The number of fused-ring (bicyclic) bond motifs is 1. The Morgan fingerprint density at radius 1 is 1.26 bits per heavy atom. The average molecular weight is 423 g/mol. The molecule has 1 atom stereocenters. The van der Waals surface area contributed by atoms with Crippen LogP contribution in [0.1, 0.15) is 25.7 Å². The summed E-state index contributed by atoms with van der Waals surface area (Å²) in [6.45, 7) is 4.44. The highest BCUT2D eigenvalue weighted by Crippen LogP contribution is 2.50. The van der Waals surface area contributed by atoms with E-state index in [4.69, 9.17) is 5.73 Å². The number of aliphatic imine (C=N–C) groups is 1. The van der Waals surface area contributed by atoms with E-state index in [1.54, 1.807) is 12.1 Å². The highest BCUT2D eigenvalue weighted by Gasteiger charge is 2.52. The Morgan fingerprint density at radius 2 is 2.06 bits per heavy atom. The quantitative estimate of drug-likeness (QED) is 0.519. The Morgan fingerprint density at radius 3 is 2.84 bits per heavy atom. The van der Waals surface area contributed by atoms with Crippen LogP contribution in [0.5, 0.6) is 0 Å². The second-order valence-corrected chi connectivity index (χ2v) is 9.63. The van der Waals surface area contributed by atoms with Crippen LogP contribution in [0.4, 0.5) is 10.5 Å². The number of pyridine rings is 1. The Balaban J connectivity index is 1.22. The van der Waals surface area contributed by atoms with E-state index >= 15 is 0 Å². The third-order valence-electron chi connectivity index (χ3n) is 7.17. The number of para-hydroxylation sites is 1. The van der Waals surface area contributed by atoms with Gasteiger partial charge in [0.15, 0.2) is 0 Å². The van der Waals surface area contributed by atoms with Crippen LogP contribution in [-0.4, -0.2) is 65.9 Å². The summed E-state index contributed by atoms with van der Waals surface area (Å²) >= 11 is 0. The summed E-state index contributed by atoms with van der Waals surface area (Å²) in [5.41, 5.74) is 7.72. The molecule has 3 heterocycles. The highest BCUT2D eigenvalue weighted by molar-refractivity contribution is 6.04. The predicted molar refractivity (Wildman–Crippen MR) is 122 cm³/mol. The van der Waals surface area contributed by atoms with E-state index in [-0.39, 0.29) is 11.5 Å². The number of hydrogen-bond acceptors (Lipinski definition) is 4. The van der Waals surface area contributed by atoms with Crippen molar-refractivity contribution in [3.8, 4) is 0 Å². The first-order chi connectivity index (χ1) is 14.9. The minimum atomic E-state index is -0.507. The monoisotopic (exact) mass is 422 g/mol. The maximum Gasteiger partial charge on any atom is 0.347 e. The molecule has 2 saturated heterocycles. The lowest BCUT2D eigenvalue weighted by atomic mass is 9.60. The molecule has 1 saturated carbocycles. The third-order valence-corrected chi connectivity index (χ3v) is 7.17. The van der Waals surface area contributed by atoms with Gasteiger partial charge in [0, 0.05) is 43.0 Å². The van der Waals surface area contributed by atoms with Gasteiger partial charge in [-0.3, -0.25) is 9.69 Å². The number of amides is 2. The molecule has 8 nitrogen and oxygen atoms in total. The van der Waals surface area contributed by atoms with Crippen LogP contribution in [0.15, 0.2) is 40.1 Å². The van der Waals surface area contributed by atoms with Gasteiger partial charge in [-0.25, -0.2) is 4.79 Å². The van der Waals surface area contributed by atoms with E-state index in [2.05, 4.69) is 32.1 Å². The summed E-state index contributed by atoms with van der Waals surface area (Å²) in [5, 5.41) is 3.61. The number of anilines is 1. The van der Waals surface area contributed by atoms with Gasteiger partial charge in [-0.15, -0.1) is 0 Å². The number of carbonyl (C=O) groups excluding carboxylic acids is 1. The molecule has 0 radical (unpaired) electrons. The number of H-pyrrole nitrogens is 1. The second-order valence-electron chi connectivity index (χ2n) is 9.63. The van der Waals surface area contributed by atoms with Crippen LogP contribution < -0.4 is 16.6 Å². The van der Waals surface area contributed by atoms with Crippen LogP contribution in [0.2, 0.25) is 0 Å². The largest absolute Gasteiger partial charge is 0.387 e. The molecule has 1 aromatic heterocycles. The Labute approximate surface area is 181 Å². The fraction of sp³-hybridized carbons (Fsp3) is 0.522. The number of amidine groups is 1. The molecule has 0 bridgehead atoms. The van der Waals surface area contributed by atoms with Crippen molar-refractivity contribution in [1.29, 1.82) is 0 Å². The summed E-state index contributed by atoms with van der Waals surface area (Å²) in [6, 6.07) is 8.78. The number of rotatable bonds is 3. The highest BCUT2D eigenvalue weighted by atomic mass is 16.2. The van der Waals surface area contributed by atoms with Crippen LogP contribution in [0, 0.1) is 11.3 Å². The number of nitrogens with one attached hydrogen (secondary N) is 2. The number of benzene rings is 1. The SMILES string of the molecule is CN1CC2(CC(N3CCCC(/C(N)=N/C(=O)Nc4cccc5ccc(=O)[nH]c45)C3)C2)C1. The molecule has 1 aromatic carbocycles. The summed E-state index contributed by atoms with van der Waals surface area (Å²) in [4.78, 5) is 36.1. The summed E-state index contributed by atoms with van der Waals surface area (Å²) in [5.74, 6) is 0.501. The molecular formula is C23H30N6O2. The number of carbonyl (C=O) groups is 1.